The van der Waals surface area contributed by atoms with E-state index in [4.69, 9.17) is 0 Å². The Labute approximate surface area is 114 Å². The van der Waals surface area contributed by atoms with Crippen molar-refractivity contribution in [2.24, 2.45) is 5.92 Å². The molecule has 1 aliphatic carbocycles. The molecule has 0 unspecified atom stereocenters. The summed E-state index contributed by atoms with van der Waals surface area (Å²) >= 11 is 0. The largest absolute Gasteiger partial charge is 0.316 e. The lowest BCUT2D eigenvalue weighted by molar-refractivity contribution is 0.327. The van der Waals surface area contributed by atoms with Gasteiger partial charge >= 0.3 is 0 Å². The quantitative estimate of drug-likeness (QED) is 0.815. The molecule has 2 aromatic rings. The molecule has 1 N–H and O–H groups in total. The molecule has 0 spiro atoms. The Bertz CT molecular complexity index is 575. The second-order valence-electron chi connectivity index (χ2n) is 5.78. The number of rotatable bonds is 1. The molecular weight excluding hydrogens is 230 g/mol. The molecule has 1 aliphatic heterocycles. The molecule has 1 fully saturated rings. The van der Waals surface area contributed by atoms with Gasteiger partial charge in [-0.2, -0.15) is 0 Å². The van der Waals surface area contributed by atoms with Crippen LogP contribution in [0.25, 0.3) is 0 Å². The first-order valence-corrected chi connectivity index (χ1v) is 7.29. The fraction of sp³-hybridized carbons (Fsp3) is 0.333. The molecule has 3 atom stereocenters. The van der Waals surface area contributed by atoms with E-state index in [0.29, 0.717) is 5.92 Å². The minimum absolute atomic E-state index is 0.579. The molecule has 0 radical (unpaired) electrons. The maximum Gasteiger partial charge on any atom is 0.0138 e. The van der Waals surface area contributed by atoms with Crippen LogP contribution in [0.2, 0.25) is 0 Å². The summed E-state index contributed by atoms with van der Waals surface area (Å²) < 4.78 is 0. The van der Waals surface area contributed by atoms with Crippen LogP contribution >= 0.6 is 0 Å². The molecule has 0 saturated carbocycles. The van der Waals surface area contributed by atoms with Crippen LogP contribution in [-0.4, -0.2) is 13.1 Å². The number of piperidine rings is 1. The summed E-state index contributed by atoms with van der Waals surface area (Å²) in [4.78, 5) is 0. The van der Waals surface area contributed by atoms with Crippen LogP contribution < -0.4 is 5.32 Å². The highest BCUT2D eigenvalue weighted by Crippen LogP contribution is 2.51. The third-order valence-corrected chi connectivity index (χ3v) is 4.85. The summed E-state index contributed by atoms with van der Waals surface area (Å²) in [6.07, 6.45) is 1.28. The normalized spacial score (nSPS) is 28.7. The van der Waals surface area contributed by atoms with Crippen molar-refractivity contribution in [3.8, 4) is 0 Å². The van der Waals surface area contributed by atoms with Crippen LogP contribution in [0.5, 0.6) is 0 Å². The minimum Gasteiger partial charge on any atom is -0.316 e. The van der Waals surface area contributed by atoms with Crippen LogP contribution in [0, 0.1) is 5.92 Å². The molecule has 1 nitrogen and oxygen atoms in total. The van der Waals surface area contributed by atoms with Crippen LogP contribution in [0.15, 0.2) is 54.6 Å². The van der Waals surface area contributed by atoms with E-state index in [2.05, 4.69) is 59.9 Å². The first kappa shape index (κ1) is 11.2. The van der Waals surface area contributed by atoms with Gasteiger partial charge in [0, 0.05) is 5.92 Å². The number of fused-ring (bicyclic) bond motifs is 3. The fourth-order valence-corrected chi connectivity index (χ4v) is 4.07. The molecule has 2 aliphatic rings. The SMILES string of the molecule is c1ccc([C@H]2c3ccccc3[C@@H]3CCNC[C@H]23)cc1. The monoisotopic (exact) mass is 249 g/mol. The summed E-state index contributed by atoms with van der Waals surface area (Å²) in [7, 11) is 0. The zero-order valence-electron chi connectivity index (χ0n) is 11.0. The van der Waals surface area contributed by atoms with E-state index in [1.165, 1.54) is 12.0 Å². The van der Waals surface area contributed by atoms with E-state index < -0.39 is 0 Å². The van der Waals surface area contributed by atoms with Crippen molar-refractivity contribution in [1.29, 1.82) is 0 Å². The topological polar surface area (TPSA) is 12.0 Å². The molecule has 19 heavy (non-hydrogen) atoms. The predicted molar refractivity (Wildman–Crippen MR) is 78.4 cm³/mol. The van der Waals surface area contributed by atoms with E-state index in [9.17, 15) is 0 Å². The van der Waals surface area contributed by atoms with Crippen molar-refractivity contribution in [2.45, 2.75) is 18.3 Å². The lowest BCUT2D eigenvalue weighted by atomic mass is 9.79. The van der Waals surface area contributed by atoms with Gasteiger partial charge in [-0.3, -0.25) is 0 Å². The van der Waals surface area contributed by atoms with E-state index in [0.717, 1.165) is 24.9 Å². The summed E-state index contributed by atoms with van der Waals surface area (Å²) in [6.45, 7) is 2.32. The average molecular weight is 249 g/mol. The molecule has 0 aromatic heterocycles. The summed E-state index contributed by atoms with van der Waals surface area (Å²) in [5.41, 5.74) is 4.64. The molecule has 1 saturated heterocycles. The van der Waals surface area contributed by atoms with Crippen LogP contribution in [0.3, 0.4) is 0 Å². The Kier molecular flexibility index (Phi) is 2.66. The minimum atomic E-state index is 0.579. The van der Waals surface area contributed by atoms with Gasteiger partial charge in [-0.25, -0.2) is 0 Å². The second kappa shape index (κ2) is 4.50. The number of benzene rings is 2. The summed E-state index contributed by atoms with van der Waals surface area (Å²) in [6, 6.07) is 20.1. The lowest BCUT2D eigenvalue weighted by Crippen LogP contribution is -2.35. The van der Waals surface area contributed by atoms with Crippen molar-refractivity contribution >= 4 is 0 Å². The van der Waals surface area contributed by atoms with Crippen LogP contribution in [0.1, 0.15) is 34.9 Å². The van der Waals surface area contributed by atoms with Crippen molar-refractivity contribution in [3.63, 3.8) is 0 Å². The van der Waals surface area contributed by atoms with Gasteiger partial charge in [0.25, 0.3) is 0 Å². The zero-order valence-corrected chi connectivity index (χ0v) is 11.0. The molecule has 1 heteroatoms. The maximum absolute atomic E-state index is 3.59. The van der Waals surface area contributed by atoms with E-state index >= 15 is 0 Å². The van der Waals surface area contributed by atoms with E-state index in [1.807, 2.05) is 0 Å². The molecular formula is C18H19N. The number of hydrogen-bond donors (Lipinski definition) is 1. The fourth-order valence-electron chi connectivity index (χ4n) is 4.07. The van der Waals surface area contributed by atoms with E-state index in [-0.39, 0.29) is 0 Å². The van der Waals surface area contributed by atoms with Crippen molar-refractivity contribution in [1.82, 2.24) is 5.32 Å². The lowest BCUT2D eigenvalue weighted by Gasteiger charge is -2.30. The second-order valence-corrected chi connectivity index (χ2v) is 5.78. The molecule has 0 bridgehead atoms. The van der Waals surface area contributed by atoms with Crippen LogP contribution in [-0.2, 0) is 0 Å². The average Bonchev–Trinajstić information content (AvgIpc) is 2.83. The first-order valence-electron chi connectivity index (χ1n) is 7.29. The Morgan fingerprint density at radius 2 is 1.58 bits per heavy atom. The van der Waals surface area contributed by atoms with Crippen LogP contribution in [0.4, 0.5) is 0 Å². The Morgan fingerprint density at radius 3 is 2.42 bits per heavy atom. The predicted octanol–water partition coefficient (Wildman–Crippen LogP) is 3.53. The summed E-state index contributed by atoms with van der Waals surface area (Å²) in [5, 5.41) is 3.59. The smallest absolute Gasteiger partial charge is 0.0138 e. The third kappa shape index (κ3) is 1.73. The summed E-state index contributed by atoms with van der Waals surface area (Å²) in [5.74, 6) is 2.06. The van der Waals surface area contributed by atoms with Crippen molar-refractivity contribution in [2.75, 3.05) is 13.1 Å². The third-order valence-electron chi connectivity index (χ3n) is 4.85. The molecule has 1 heterocycles. The molecule has 2 aromatic carbocycles. The van der Waals surface area contributed by atoms with Gasteiger partial charge in [-0.05, 0) is 48.0 Å². The van der Waals surface area contributed by atoms with Gasteiger partial charge in [0.2, 0.25) is 0 Å². The zero-order chi connectivity index (χ0) is 12.7. The van der Waals surface area contributed by atoms with Crippen molar-refractivity contribution < 1.29 is 0 Å². The van der Waals surface area contributed by atoms with Gasteiger partial charge in [0.05, 0.1) is 0 Å². The first-order chi connectivity index (χ1) is 9.45. The van der Waals surface area contributed by atoms with Gasteiger partial charge in [0.15, 0.2) is 0 Å². The Morgan fingerprint density at radius 1 is 0.842 bits per heavy atom. The van der Waals surface area contributed by atoms with Crippen molar-refractivity contribution in [3.05, 3.63) is 71.3 Å². The highest BCUT2D eigenvalue weighted by Gasteiger charge is 2.41. The standard InChI is InChI=1S/C18H19N/c1-2-6-13(7-3-1)18-16-9-5-4-8-14(16)15-10-11-19-12-17(15)18/h1-9,15,17-19H,10-12H2/t15-,17-,18-/m0/s1. The Balaban J connectivity index is 1.85. The number of nitrogens with one attached hydrogen (secondary N) is 1. The van der Waals surface area contributed by atoms with Gasteiger partial charge in [-0.15, -0.1) is 0 Å². The van der Waals surface area contributed by atoms with Gasteiger partial charge in [0.1, 0.15) is 0 Å². The molecule has 96 valence electrons. The highest BCUT2D eigenvalue weighted by atomic mass is 14.9. The van der Waals surface area contributed by atoms with Gasteiger partial charge in [-0.1, -0.05) is 54.6 Å². The number of hydrogen-bond acceptors (Lipinski definition) is 1. The maximum atomic E-state index is 3.59. The molecule has 4 rings (SSSR count). The Hall–Kier alpha value is -1.60. The molecule has 0 amide bonds. The van der Waals surface area contributed by atoms with Gasteiger partial charge < -0.3 is 5.32 Å². The highest BCUT2D eigenvalue weighted by molar-refractivity contribution is 5.46. The van der Waals surface area contributed by atoms with E-state index in [1.54, 1.807) is 11.1 Å².